The van der Waals surface area contributed by atoms with Gasteiger partial charge in [0.15, 0.2) is 0 Å². The SMILES string of the molecule is NCc1cc(Br)c(OCc2cccc(-c3ccccc3)c2Br)cc1OCc1ccc2nonc2c1. The number of hydrogen-bond acceptors (Lipinski definition) is 6. The van der Waals surface area contributed by atoms with Gasteiger partial charge in [-0.2, -0.15) is 0 Å². The molecule has 0 aliphatic heterocycles. The van der Waals surface area contributed by atoms with E-state index in [4.69, 9.17) is 19.8 Å². The second-order valence-corrected chi connectivity index (χ2v) is 9.55. The maximum Gasteiger partial charge on any atom is 0.137 e. The highest BCUT2D eigenvalue weighted by Gasteiger charge is 2.13. The van der Waals surface area contributed by atoms with Gasteiger partial charge in [-0.05, 0) is 77.1 Å². The van der Waals surface area contributed by atoms with Crippen molar-refractivity contribution < 1.29 is 14.1 Å². The highest BCUT2D eigenvalue weighted by molar-refractivity contribution is 9.11. The smallest absolute Gasteiger partial charge is 0.137 e. The van der Waals surface area contributed by atoms with E-state index in [0.29, 0.717) is 42.3 Å². The zero-order valence-electron chi connectivity index (χ0n) is 18.6. The molecule has 0 atom stereocenters. The van der Waals surface area contributed by atoms with Crippen LogP contribution >= 0.6 is 31.9 Å². The van der Waals surface area contributed by atoms with E-state index in [-0.39, 0.29) is 0 Å². The molecule has 35 heavy (non-hydrogen) atoms. The first-order valence-corrected chi connectivity index (χ1v) is 12.5. The zero-order valence-corrected chi connectivity index (χ0v) is 21.8. The molecule has 0 aliphatic carbocycles. The van der Waals surface area contributed by atoms with E-state index < -0.39 is 0 Å². The van der Waals surface area contributed by atoms with Gasteiger partial charge in [0, 0.05) is 28.2 Å². The molecule has 0 amide bonds. The first-order chi connectivity index (χ1) is 17.1. The second-order valence-electron chi connectivity index (χ2n) is 7.90. The largest absolute Gasteiger partial charge is 0.488 e. The summed E-state index contributed by atoms with van der Waals surface area (Å²) in [5.74, 6) is 1.34. The van der Waals surface area contributed by atoms with Crippen LogP contribution in [0, 0.1) is 0 Å². The number of rotatable bonds is 8. The summed E-state index contributed by atoms with van der Waals surface area (Å²) < 4.78 is 18.9. The van der Waals surface area contributed by atoms with Crippen LogP contribution in [-0.2, 0) is 19.8 Å². The predicted octanol–water partition coefficient (Wildman–Crippen LogP) is 7.03. The summed E-state index contributed by atoms with van der Waals surface area (Å²) in [5, 5.41) is 7.72. The first kappa shape index (κ1) is 23.5. The van der Waals surface area contributed by atoms with E-state index in [0.717, 1.165) is 36.8 Å². The van der Waals surface area contributed by atoms with Gasteiger partial charge in [0.05, 0.1) is 4.47 Å². The van der Waals surface area contributed by atoms with Crippen LogP contribution in [0.25, 0.3) is 22.2 Å². The Morgan fingerprint density at radius 2 is 1.54 bits per heavy atom. The molecule has 0 spiro atoms. The van der Waals surface area contributed by atoms with Crippen LogP contribution in [0.1, 0.15) is 16.7 Å². The summed E-state index contributed by atoms with van der Waals surface area (Å²) in [6.07, 6.45) is 0. The van der Waals surface area contributed by atoms with Gasteiger partial charge in [-0.1, -0.05) is 54.6 Å². The van der Waals surface area contributed by atoms with Crippen molar-refractivity contribution in [2.45, 2.75) is 19.8 Å². The topological polar surface area (TPSA) is 83.4 Å². The van der Waals surface area contributed by atoms with E-state index in [9.17, 15) is 0 Å². The summed E-state index contributed by atoms with van der Waals surface area (Å²) in [5.41, 5.74) is 12.5. The van der Waals surface area contributed by atoms with Crippen molar-refractivity contribution in [3.05, 3.63) is 104 Å². The Hall–Kier alpha value is -3.20. The van der Waals surface area contributed by atoms with Crippen molar-refractivity contribution in [3.8, 4) is 22.6 Å². The lowest BCUT2D eigenvalue weighted by Gasteiger charge is -2.16. The van der Waals surface area contributed by atoms with Gasteiger partial charge in [-0.3, -0.25) is 0 Å². The van der Waals surface area contributed by atoms with E-state index >= 15 is 0 Å². The minimum Gasteiger partial charge on any atom is -0.488 e. The Bertz CT molecular complexity index is 1470. The summed E-state index contributed by atoms with van der Waals surface area (Å²) >= 11 is 7.37. The predicted molar refractivity (Wildman–Crippen MR) is 142 cm³/mol. The number of fused-ring (bicyclic) bond motifs is 1. The standard InChI is InChI=1S/C27H21Br2N3O3/c28-22-12-20(14-30)25(33-15-17-9-10-23-24(11-17)32-35-31-23)13-26(22)34-16-19-7-4-8-21(27(19)29)18-5-2-1-3-6-18/h1-13H,14-16,30H2. The third kappa shape index (κ3) is 5.24. The van der Waals surface area contributed by atoms with Crippen LogP contribution in [0.4, 0.5) is 0 Å². The second kappa shape index (κ2) is 10.6. The highest BCUT2D eigenvalue weighted by atomic mass is 79.9. The highest BCUT2D eigenvalue weighted by Crippen LogP contribution is 2.36. The van der Waals surface area contributed by atoms with Crippen molar-refractivity contribution in [3.63, 3.8) is 0 Å². The molecule has 0 saturated carbocycles. The van der Waals surface area contributed by atoms with Crippen molar-refractivity contribution in [1.82, 2.24) is 10.3 Å². The van der Waals surface area contributed by atoms with E-state index in [1.807, 2.05) is 60.7 Å². The molecule has 1 aromatic heterocycles. The van der Waals surface area contributed by atoms with E-state index in [1.54, 1.807) is 0 Å². The Morgan fingerprint density at radius 1 is 0.743 bits per heavy atom. The van der Waals surface area contributed by atoms with E-state index in [2.05, 4.69) is 60.4 Å². The average Bonchev–Trinajstić information content (AvgIpc) is 3.36. The Labute approximate surface area is 219 Å². The van der Waals surface area contributed by atoms with Gasteiger partial charge in [-0.15, -0.1) is 0 Å². The molecule has 6 nitrogen and oxygen atoms in total. The van der Waals surface area contributed by atoms with Crippen LogP contribution < -0.4 is 15.2 Å². The fourth-order valence-electron chi connectivity index (χ4n) is 3.75. The third-order valence-electron chi connectivity index (χ3n) is 5.59. The molecule has 0 aliphatic rings. The van der Waals surface area contributed by atoms with Gasteiger partial charge in [0.25, 0.3) is 0 Å². The number of hydrogen-bond donors (Lipinski definition) is 1. The van der Waals surface area contributed by atoms with Crippen LogP contribution in [0.2, 0.25) is 0 Å². The fourth-order valence-corrected chi connectivity index (χ4v) is 4.86. The van der Waals surface area contributed by atoms with Gasteiger partial charge in [-0.25, -0.2) is 4.63 Å². The number of aromatic nitrogens is 2. The average molecular weight is 595 g/mol. The minimum absolute atomic E-state index is 0.338. The lowest BCUT2D eigenvalue weighted by Crippen LogP contribution is -2.05. The maximum absolute atomic E-state index is 6.21. The summed E-state index contributed by atoms with van der Waals surface area (Å²) in [6.45, 7) is 1.07. The number of nitrogens with two attached hydrogens (primary N) is 1. The number of halogens is 2. The zero-order chi connectivity index (χ0) is 24.2. The van der Waals surface area contributed by atoms with Crippen LogP contribution in [0.5, 0.6) is 11.5 Å². The summed E-state index contributed by atoms with van der Waals surface area (Å²) in [6, 6.07) is 25.9. The summed E-state index contributed by atoms with van der Waals surface area (Å²) in [4.78, 5) is 0. The minimum atomic E-state index is 0.338. The third-order valence-corrected chi connectivity index (χ3v) is 7.15. The first-order valence-electron chi connectivity index (χ1n) is 10.9. The van der Waals surface area contributed by atoms with E-state index in [1.165, 1.54) is 0 Å². The van der Waals surface area contributed by atoms with Crippen LogP contribution in [0.3, 0.4) is 0 Å². The van der Waals surface area contributed by atoms with Gasteiger partial charge >= 0.3 is 0 Å². The molecular weight excluding hydrogens is 574 g/mol. The van der Waals surface area contributed by atoms with Crippen molar-refractivity contribution in [2.24, 2.45) is 5.73 Å². The van der Waals surface area contributed by atoms with Crippen LogP contribution in [0.15, 0.2) is 92.4 Å². The number of benzene rings is 4. The Morgan fingerprint density at radius 3 is 2.37 bits per heavy atom. The molecule has 0 unspecified atom stereocenters. The number of nitrogens with zero attached hydrogens (tertiary/aromatic N) is 2. The normalized spacial score (nSPS) is 11.1. The number of ether oxygens (including phenoxy) is 2. The molecule has 1 heterocycles. The molecule has 0 saturated heterocycles. The Kier molecular flexibility index (Phi) is 7.13. The molecular formula is C27H21Br2N3O3. The molecule has 5 aromatic rings. The molecule has 8 heteroatoms. The lowest BCUT2D eigenvalue weighted by molar-refractivity contribution is 0.286. The van der Waals surface area contributed by atoms with Crippen molar-refractivity contribution in [2.75, 3.05) is 0 Å². The molecule has 0 fully saturated rings. The molecule has 0 radical (unpaired) electrons. The molecule has 5 rings (SSSR count). The van der Waals surface area contributed by atoms with Gasteiger partial charge < -0.3 is 15.2 Å². The maximum atomic E-state index is 6.21. The monoisotopic (exact) mass is 593 g/mol. The Balaban J connectivity index is 1.34. The molecule has 4 aromatic carbocycles. The van der Waals surface area contributed by atoms with Crippen molar-refractivity contribution in [1.29, 1.82) is 0 Å². The van der Waals surface area contributed by atoms with Gasteiger partial charge in [0.2, 0.25) is 0 Å². The van der Waals surface area contributed by atoms with Crippen LogP contribution in [-0.4, -0.2) is 10.3 Å². The van der Waals surface area contributed by atoms with Gasteiger partial charge in [0.1, 0.15) is 35.7 Å². The molecule has 0 bridgehead atoms. The fraction of sp³-hybridized carbons (Fsp3) is 0.111. The molecule has 2 N–H and O–H groups in total. The lowest BCUT2D eigenvalue weighted by atomic mass is 10.0. The quantitative estimate of drug-likeness (QED) is 0.208. The summed E-state index contributed by atoms with van der Waals surface area (Å²) in [7, 11) is 0. The van der Waals surface area contributed by atoms with Crippen molar-refractivity contribution >= 4 is 42.9 Å². The molecule has 176 valence electrons.